The molecule has 0 saturated heterocycles. The van der Waals surface area contributed by atoms with Crippen LogP contribution in [0.2, 0.25) is 5.02 Å². The minimum atomic E-state index is -4.02. The van der Waals surface area contributed by atoms with Crippen LogP contribution in [0.15, 0.2) is 36.0 Å². The number of anilines is 1. The Bertz CT molecular complexity index is 1140. The second-order valence-electron chi connectivity index (χ2n) is 7.34. The first kappa shape index (κ1) is 21.4. The van der Waals surface area contributed by atoms with Gasteiger partial charge in [-0.25, -0.2) is 15.1 Å². The van der Waals surface area contributed by atoms with E-state index < -0.39 is 16.4 Å². The van der Waals surface area contributed by atoms with Crippen molar-refractivity contribution >= 4 is 49.3 Å². The van der Waals surface area contributed by atoms with E-state index >= 15 is 0 Å². The van der Waals surface area contributed by atoms with Crippen molar-refractivity contribution < 1.29 is 17.7 Å². The first-order valence-electron chi connectivity index (χ1n) is 9.36. The van der Waals surface area contributed by atoms with Crippen LogP contribution >= 0.6 is 22.9 Å². The Morgan fingerprint density at radius 3 is 2.77 bits per heavy atom. The van der Waals surface area contributed by atoms with Crippen molar-refractivity contribution in [3.05, 3.63) is 52.1 Å². The van der Waals surface area contributed by atoms with Crippen LogP contribution < -0.4 is 10.5 Å². The summed E-state index contributed by atoms with van der Waals surface area (Å²) in [6.07, 6.45) is 1.98. The number of nitrogens with zero attached hydrogens (tertiary/aromatic N) is 2. The van der Waals surface area contributed by atoms with Crippen LogP contribution in [0.5, 0.6) is 0 Å². The molecule has 2 aromatic heterocycles. The fourth-order valence-corrected chi connectivity index (χ4v) is 5.35. The monoisotopic (exact) mass is 468 g/mol. The number of benzene rings is 1. The van der Waals surface area contributed by atoms with Gasteiger partial charge in [0.05, 0.1) is 22.9 Å². The van der Waals surface area contributed by atoms with Gasteiger partial charge in [-0.1, -0.05) is 23.7 Å². The number of halogens is 1. The molecule has 4 rings (SSSR count). The average Bonchev–Trinajstić information content (AvgIpc) is 3.29. The topological polar surface area (TPSA) is 127 Å². The molecule has 0 aliphatic heterocycles. The minimum Gasteiger partial charge on any atom is -0.393 e. The van der Waals surface area contributed by atoms with Crippen molar-refractivity contribution in [1.82, 2.24) is 9.97 Å². The van der Waals surface area contributed by atoms with Gasteiger partial charge in [0, 0.05) is 17.5 Å². The zero-order valence-electron chi connectivity index (χ0n) is 15.9. The molecule has 1 aliphatic carbocycles. The number of thiophene rings is 1. The van der Waals surface area contributed by atoms with Crippen LogP contribution in [0.1, 0.15) is 29.9 Å². The predicted molar refractivity (Wildman–Crippen MR) is 117 cm³/mol. The molecule has 1 saturated carbocycles. The summed E-state index contributed by atoms with van der Waals surface area (Å²) < 4.78 is 27.7. The van der Waals surface area contributed by atoms with Crippen molar-refractivity contribution in [2.24, 2.45) is 11.1 Å². The smallest absolute Gasteiger partial charge is 0.333 e. The van der Waals surface area contributed by atoms with E-state index in [1.165, 1.54) is 6.33 Å². The number of hydrogen-bond donors (Lipinski definition) is 3. The maximum Gasteiger partial charge on any atom is 0.333 e. The van der Waals surface area contributed by atoms with E-state index in [-0.39, 0.29) is 18.4 Å². The van der Waals surface area contributed by atoms with Crippen molar-refractivity contribution in [3.63, 3.8) is 0 Å². The third-order valence-corrected chi connectivity index (χ3v) is 7.01. The molecule has 0 radical (unpaired) electrons. The Kier molecular flexibility index (Phi) is 6.24. The average molecular weight is 469 g/mol. The van der Waals surface area contributed by atoms with E-state index in [1.54, 1.807) is 11.3 Å². The van der Waals surface area contributed by atoms with E-state index in [9.17, 15) is 13.5 Å². The van der Waals surface area contributed by atoms with Gasteiger partial charge in [-0.05, 0) is 47.4 Å². The molecule has 11 heteroatoms. The molecule has 1 fully saturated rings. The molecule has 2 heterocycles. The number of fused-ring (bicyclic) bond motifs is 1. The summed E-state index contributed by atoms with van der Waals surface area (Å²) in [5, 5.41) is 21.3. The molecule has 0 unspecified atom stereocenters. The standard InChI is InChI=1S/C19H21ClN4O4S2/c20-14-3-1-11(2-4-14)7-22-19-18-17(23-10-24-19)15(9-29-18)12-5-13(16(25)6-12)8-28-30(21,26)27/h1-4,9-10,12-13,16,25H,5-8H2,(H2,21,26,27)(H,22,23,24)/t12-,13+,16+/m1/s1. The number of aromatic nitrogens is 2. The summed E-state index contributed by atoms with van der Waals surface area (Å²) in [6, 6.07) is 7.60. The highest BCUT2D eigenvalue weighted by Crippen LogP contribution is 2.43. The number of hydrogen-bond acceptors (Lipinski definition) is 8. The lowest BCUT2D eigenvalue weighted by Crippen LogP contribution is -2.24. The van der Waals surface area contributed by atoms with Crippen molar-refractivity contribution in [3.8, 4) is 0 Å². The van der Waals surface area contributed by atoms with Gasteiger partial charge in [-0.15, -0.1) is 11.3 Å². The van der Waals surface area contributed by atoms with Gasteiger partial charge in [0.15, 0.2) is 0 Å². The summed E-state index contributed by atoms with van der Waals surface area (Å²) in [6.45, 7) is 0.479. The summed E-state index contributed by atoms with van der Waals surface area (Å²) in [5.41, 5.74) is 2.96. The molecular formula is C19H21ClN4O4S2. The van der Waals surface area contributed by atoms with Gasteiger partial charge in [-0.3, -0.25) is 4.18 Å². The normalized spacial score (nSPS) is 21.9. The molecule has 0 amide bonds. The van der Waals surface area contributed by atoms with E-state index in [4.69, 9.17) is 16.7 Å². The zero-order valence-corrected chi connectivity index (χ0v) is 18.3. The summed E-state index contributed by atoms with van der Waals surface area (Å²) in [7, 11) is -4.02. The van der Waals surface area contributed by atoms with E-state index in [1.807, 2.05) is 29.6 Å². The van der Waals surface area contributed by atoms with Gasteiger partial charge < -0.3 is 10.4 Å². The van der Waals surface area contributed by atoms with E-state index in [2.05, 4.69) is 19.5 Å². The van der Waals surface area contributed by atoms with Gasteiger partial charge in [0.2, 0.25) is 0 Å². The third-order valence-electron chi connectivity index (χ3n) is 5.30. The van der Waals surface area contributed by atoms with Gasteiger partial charge in [0.25, 0.3) is 0 Å². The van der Waals surface area contributed by atoms with Crippen molar-refractivity contribution in [2.45, 2.75) is 31.4 Å². The van der Waals surface area contributed by atoms with Crippen LogP contribution in [0.3, 0.4) is 0 Å². The Morgan fingerprint density at radius 1 is 1.27 bits per heavy atom. The summed E-state index contributed by atoms with van der Waals surface area (Å²) in [5.74, 6) is 0.508. The van der Waals surface area contributed by atoms with Gasteiger partial charge in [-0.2, -0.15) is 8.42 Å². The lowest BCUT2D eigenvalue weighted by Gasteiger charge is -2.12. The molecule has 1 aromatic carbocycles. The minimum absolute atomic E-state index is 0.0573. The molecule has 0 bridgehead atoms. The van der Waals surface area contributed by atoms with Gasteiger partial charge >= 0.3 is 10.3 Å². The molecule has 30 heavy (non-hydrogen) atoms. The Balaban J connectivity index is 1.49. The predicted octanol–water partition coefficient (Wildman–Crippen LogP) is 3.03. The van der Waals surface area contributed by atoms with Crippen LogP contribution in [0.4, 0.5) is 5.82 Å². The number of aliphatic hydroxyl groups excluding tert-OH is 1. The maximum atomic E-state index is 11.0. The van der Waals surface area contributed by atoms with E-state index in [0.29, 0.717) is 24.4 Å². The highest BCUT2D eigenvalue weighted by atomic mass is 35.5. The number of aliphatic hydroxyl groups is 1. The lowest BCUT2D eigenvalue weighted by atomic mass is 9.98. The van der Waals surface area contributed by atoms with Crippen LogP contribution in [0.25, 0.3) is 10.2 Å². The van der Waals surface area contributed by atoms with Crippen LogP contribution in [-0.4, -0.2) is 36.2 Å². The molecule has 8 nitrogen and oxygen atoms in total. The quantitative estimate of drug-likeness (QED) is 0.486. The summed E-state index contributed by atoms with van der Waals surface area (Å²) >= 11 is 7.48. The maximum absolute atomic E-state index is 11.0. The Hall–Kier alpha value is -1.82. The summed E-state index contributed by atoms with van der Waals surface area (Å²) in [4.78, 5) is 8.84. The van der Waals surface area contributed by atoms with Crippen molar-refractivity contribution in [1.29, 1.82) is 0 Å². The third kappa shape index (κ3) is 4.90. The molecule has 3 atom stereocenters. The van der Waals surface area contributed by atoms with E-state index in [0.717, 1.165) is 27.2 Å². The Morgan fingerprint density at radius 2 is 2.03 bits per heavy atom. The highest BCUT2D eigenvalue weighted by molar-refractivity contribution is 7.84. The fourth-order valence-electron chi connectivity index (χ4n) is 3.79. The number of rotatable bonds is 7. The van der Waals surface area contributed by atoms with Crippen molar-refractivity contribution in [2.75, 3.05) is 11.9 Å². The molecule has 1 aliphatic rings. The first-order chi connectivity index (χ1) is 14.3. The van der Waals surface area contributed by atoms with Gasteiger partial charge in [0.1, 0.15) is 12.1 Å². The zero-order chi connectivity index (χ0) is 21.3. The van der Waals surface area contributed by atoms with Crippen LogP contribution in [0, 0.1) is 5.92 Å². The molecule has 4 N–H and O–H groups in total. The first-order valence-corrected chi connectivity index (χ1v) is 12.1. The molecule has 160 valence electrons. The SMILES string of the molecule is NS(=O)(=O)OC[C@@H]1C[C@@H](c2csc3c(NCc4ccc(Cl)cc4)ncnc23)C[C@@H]1O. The molecule has 3 aromatic rings. The largest absolute Gasteiger partial charge is 0.393 e. The molecular weight excluding hydrogens is 448 g/mol. The molecule has 0 spiro atoms. The fraction of sp³-hybridized carbons (Fsp3) is 0.368. The van der Waals surface area contributed by atoms with Crippen LogP contribution in [-0.2, 0) is 21.0 Å². The number of nitrogens with two attached hydrogens (primary N) is 1. The second kappa shape index (κ2) is 8.74. The second-order valence-corrected chi connectivity index (χ2v) is 9.88. The lowest BCUT2D eigenvalue weighted by molar-refractivity contribution is 0.101. The number of nitrogens with one attached hydrogen (secondary N) is 1. The highest BCUT2D eigenvalue weighted by Gasteiger charge is 2.36. The Labute approximate surface area is 183 Å².